The second-order valence-corrected chi connectivity index (χ2v) is 10.2. The summed E-state index contributed by atoms with van der Waals surface area (Å²) in [4.78, 5) is 42.5. The van der Waals surface area contributed by atoms with Crippen molar-refractivity contribution >= 4 is 17.7 Å². The van der Waals surface area contributed by atoms with Gasteiger partial charge in [-0.1, -0.05) is 48.5 Å². The zero-order chi connectivity index (χ0) is 29.0. The maximum Gasteiger partial charge on any atom is 0.248 e. The molecule has 39 heavy (non-hydrogen) atoms. The van der Waals surface area contributed by atoms with E-state index in [-0.39, 0.29) is 31.4 Å². The lowest BCUT2D eigenvalue weighted by Gasteiger charge is -2.34. The van der Waals surface area contributed by atoms with Crippen LogP contribution in [0.4, 0.5) is 0 Å². The second-order valence-electron chi connectivity index (χ2n) is 10.2. The van der Waals surface area contributed by atoms with Gasteiger partial charge < -0.3 is 30.3 Å². The minimum atomic E-state index is -0.954. The molecule has 2 aromatic carbocycles. The van der Waals surface area contributed by atoms with E-state index in [4.69, 9.17) is 15.2 Å². The number of hydrogen-bond donors (Lipinski definition) is 2. The van der Waals surface area contributed by atoms with Crippen LogP contribution < -0.4 is 15.8 Å². The Labute approximate surface area is 231 Å². The van der Waals surface area contributed by atoms with Gasteiger partial charge in [0.05, 0.1) is 20.3 Å². The molecule has 0 bridgehead atoms. The van der Waals surface area contributed by atoms with Gasteiger partial charge in [0.2, 0.25) is 17.7 Å². The van der Waals surface area contributed by atoms with Crippen molar-refractivity contribution in [3.63, 3.8) is 0 Å². The van der Waals surface area contributed by atoms with Gasteiger partial charge in [-0.2, -0.15) is 0 Å². The first kappa shape index (κ1) is 31.5. The lowest BCUT2D eigenvalue weighted by Crippen LogP contribution is -2.56. The van der Waals surface area contributed by atoms with Crippen molar-refractivity contribution in [1.29, 1.82) is 0 Å². The van der Waals surface area contributed by atoms with Gasteiger partial charge >= 0.3 is 0 Å². The van der Waals surface area contributed by atoms with E-state index >= 15 is 0 Å². The molecule has 9 heteroatoms. The van der Waals surface area contributed by atoms with Crippen molar-refractivity contribution in [2.75, 3.05) is 34.9 Å². The van der Waals surface area contributed by atoms with Crippen LogP contribution in [-0.4, -0.2) is 80.0 Å². The molecule has 0 heterocycles. The first-order valence-electron chi connectivity index (χ1n) is 12.9. The number of nitrogens with two attached hydrogens (primary N) is 1. The van der Waals surface area contributed by atoms with Gasteiger partial charge in [-0.15, -0.1) is 0 Å². The second kappa shape index (κ2) is 15.0. The van der Waals surface area contributed by atoms with Crippen LogP contribution in [0.3, 0.4) is 0 Å². The number of rotatable bonds is 14. The highest BCUT2D eigenvalue weighted by molar-refractivity contribution is 5.94. The smallest absolute Gasteiger partial charge is 0.248 e. The molecular formula is C30H42N4O5. The quantitative estimate of drug-likeness (QED) is 0.358. The van der Waals surface area contributed by atoms with E-state index < -0.39 is 23.5 Å². The zero-order valence-electron chi connectivity index (χ0n) is 23.8. The highest BCUT2D eigenvalue weighted by Gasteiger charge is 2.34. The number of nitrogens with one attached hydrogen (secondary N) is 1. The Balaban J connectivity index is 2.27. The minimum absolute atomic E-state index is 0.0421. The predicted molar refractivity (Wildman–Crippen MR) is 152 cm³/mol. The summed E-state index contributed by atoms with van der Waals surface area (Å²) in [7, 11) is 6.24. The van der Waals surface area contributed by atoms with Gasteiger partial charge in [0.15, 0.2) is 0 Å². The molecule has 0 saturated carbocycles. The lowest BCUT2D eigenvalue weighted by atomic mass is 10.0. The van der Waals surface area contributed by atoms with Gasteiger partial charge in [0, 0.05) is 33.1 Å². The third-order valence-corrected chi connectivity index (χ3v) is 6.34. The molecule has 0 spiro atoms. The summed E-state index contributed by atoms with van der Waals surface area (Å²) < 4.78 is 11.1. The normalized spacial score (nSPS) is 13.0. The van der Waals surface area contributed by atoms with Crippen LogP contribution >= 0.6 is 0 Å². The van der Waals surface area contributed by atoms with Gasteiger partial charge in [-0.25, -0.2) is 0 Å². The number of likely N-dealkylation sites (N-methyl/N-ethyl adjacent to an activating group) is 3. The van der Waals surface area contributed by atoms with Crippen LogP contribution in [-0.2, 0) is 32.1 Å². The van der Waals surface area contributed by atoms with Crippen molar-refractivity contribution in [3.8, 4) is 5.75 Å². The number of benzene rings is 2. The fourth-order valence-corrected chi connectivity index (χ4v) is 3.89. The average Bonchev–Trinajstić information content (AvgIpc) is 2.92. The highest BCUT2D eigenvalue weighted by Crippen LogP contribution is 2.16. The monoisotopic (exact) mass is 538 g/mol. The number of methoxy groups -OCH3 is 1. The number of hydrogen-bond acceptors (Lipinski definition) is 6. The summed E-state index contributed by atoms with van der Waals surface area (Å²) in [6, 6.07) is 15.1. The fraction of sp³-hybridized carbons (Fsp3) is 0.433. The van der Waals surface area contributed by atoms with Crippen LogP contribution in [0, 0.1) is 0 Å². The molecule has 212 valence electrons. The summed E-state index contributed by atoms with van der Waals surface area (Å²) >= 11 is 0. The standard InChI is InChI=1S/C30H42N4O5/c1-30(2,31)18-10-13-27(35)33(4)26(21-39-20-23-11-8-7-9-12-23)29(37)34(5)25(28(36)32-3)19-22-14-16-24(38-6)17-15-22/h7-17,25-26H,18-21,31H2,1-6H3,(H,32,36)/b13-10+. The highest BCUT2D eigenvalue weighted by atomic mass is 16.5. The maximum atomic E-state index is 13.8. The van der Waals surface area contributed by atoms with E-state index in [0.717, 1.165) is 11.1 Å². The van der Waals surface area contributed by atoms with E-state index in [0.29, 0.717) is 12.2 Å². The molecule has 0 aliphatic heterocycles. The number of amides is 3. The number of nitrogens with zero attached hydrogens (tertiary/aromatic N) is 2. The summed E-state index contributed by atoms with van der Waals surface area (Å²) in [6.07, 6.45) is 3.90. The van der Waals surface area contributed by atoms with E-state index in [1.807, 2.05) is 56.3 Å². The third-order valence-electron chi connectivity index (χ3n) is 6.34. The Bertz CT molecular complexity index is 1100. The predicted octanol–water partition coefficient (Wildman–Crippen LogP) is 2.54. The first-order valence-corrected chi connectivity index (χ1v) is 12.9. The molecule has 2 atom stereocenters. The maximum absolute atomic E-state index is 13.8. The molecule has 3 N–H and O–H groups in total. The van der Waals surface area contributed by atoms with Crippen LogP contribution in [0.5, 0.6) is 5.75 Å². The van der Waals surface area contributed by atoms with Gasteiger partial charge in [0.1, 0.15) is 17.8 Å². The van der Waals surface area contributed by atoms with Gasteiger partial charge in [-0.3, -0.25) is 14.4 Å². The minimum Gasteiger partial charge on any atom is -0.497 e. The molecule has 2 rings (SSSR count). The molecule has 0 fully saturated rings. The Morgan fingerprint density at radius 2 is 1.62 bits per heavy atom. The van der Waals surface area contributed by atoms with E-state index in [1.165, 1.54) is 22.9 Å². The van der Waals surface area contributed by atoms with Crippen molar-refractivity contribution in [1.82, 2.24) is 15.1 Å². The van der Waals surface area contributed by atoms with Gasteiger partial charge in [-0.05, 0) is 49.6 Å². The number of ether oxygens (including phenoxy) is 2. The number of carbonyl (C=O) groups is 3. The molecular weight excluding hydrogens is 496 g/mol. The van der Waals surface area contributed by atoms with E-state index in [1.54, 1.807) is 39.4 Å². The summed E-state index contributed by atoms with van der Waals surface area (Å²) in [6.45, 7) is 3.97. The molecule has 3 amide bonds. The largest absolute Gasteiger partial charge is 0.497 e. The summed E-state index contributed by atoms with van der Waals surface area (Å²) in [5.74, 6) is -0.388. The van der Waals surface area contributed by atoms with Crippen LogP contribution in [0.2, 0.25) is 0 Å². The van der Waals surface area contributed by atoms with Crippen LogP contribution in [0.15, 0.2) is 66.7 Å². The Hall–Kier alpha value is -3.69. The molecule has 9 nitrogen and oxygen atoms in total. The van der Waals surface area contributed by atoms with Crippen molar-refractivity contribution in [3.05, 3.63) is 77.9 Å². The Kier molecular flexibility index (Phi) is 12.2. The zero-order valence-corrected chi connectivity index (χ0v) is 23.8. The molecule has 2 aromatic rings. The molecule has 2 unspecified atom stereocenters. The Morgan fingerprint density at radius 3 is 2.18 bits per heavy atom. The number of carbonyl (C=O) groups excluding carboxylic acids is 3. The summed E-state index contributed by atoms with van der Waals surface area (Å²) in [5, 5.41) is 2.65. The Morgan fingerprint density at radius 1 is 0.974 bits per heavy atom. The topological polar surface area (TPSA) is 114 Å². The SMILES string of the molecule is CNC(=O)C(Cc1ccc(OC)cc1)N(C)C(=O)C(COCc1ccccc1)N(C)C(=O)/C=C/CC(C)(C)N. The third kappa shape index (κ3) is 10.2. The van der Waals surface area contributed by atoms with E-state index in [2.05, 4.69) is 5.32 Å². The van der Waals surface area contributed by atoms with Crippen LogP contribution in [0.1, 0.15) is 31.4 Å². The fourth-order valence-electron chi connectivity index (χ4n) is 3.89. The molecule has 0 radical (unpaired) electrons. The molecule has 0 saturated heterocycles. The first-order chi connectivity index (χ1) is 18.5. The molecule has 0 aliphatic carbocycles. The van der Waals surface area contributed by atoms with Crippen molar-refractivity contribution in [2.45, 2.75) is 50.9 Å². The van der Waals surface area contributed by atoms with E-state index in [9.17, 15) is 14.4 Å². The average molecular weight is 539 g/mol. The summed E-state index contributed by atoms with van der Waals surface area (Å²) in [5.41, 5.74) is 7.35. The lowest BCUT2D eigenvalue weighted by molar-refractivity contribution is -0.148. The van der Waals surface area contributed by atoms with Crippen LogP contribution in [0.25, 0.3) is 0 Å². The van der Waals surface area contributed by atoms with Crippen molar-refractivity contribution < 1.29 is 23.9 Å². The molecule has 0 aliphatic rings. The van der Waals surface area contributed by atoms with Crippen molar-refractivity contribution in [2.24, 2.45) is 5.73 Å². The molecule has 0 aromatic heterocycles. The van der Waals surface area contributed by atoms with Gasteiger partial charge in [0.25, 0.3) is 0 Å².